The molecule has 0 bridgehead atoms. The van der Waals surface area contributed by atoms with Crippen molar-refractivity contribution in [2.24, 2.45) is 0 Å². The van der Waals surface area contributed by atoms with Gasteiger partial charge in [0.2, 0.25) is 0 Å². The van der Waals surface area contributed by atoms with E-state index in [1.165, 1.54) is 29.7 Å². The largest absolute Gasteiger partial charge is 0.481 e. The first-order valence-electron chi connectivity index (χ1n) is 8.33. The summed E-state index contributed by atoms with van der Waals surface area (Å²) in [7, 11) is 0. The molecule has 0 saturated carbocycles. The van der Waals surface area contributed by atoms with Gasteiger partial charge in [-0.25, -0.2) is 4.39 Å². The second kappa shape index (κ2) is 7.79. The van der Waals surface area contributed by atoms with Crippen molar-refractivity contribution in [3.8, 4) is 5.75 Å². The van der Waals surface area contributed by atoms with Crippen LogP contribution >= 0.6 is 0 Å². The number of rotatable bonds is 6. The fourth-order valence-electron chi connectivity index (χ4n) is 2.65. The predicted octanol–water partition coefficient (Wildman–Crippen LogP) is 4.45. The number of benzene rings is 3. The van der Waals surface area contributed by atoms with E-state index >= 15 is 0 Å². The molecule has 3 aromatic rings. The van der Waals surface area contributed by atoms with Gasteiger partial charge in [0, 0.05) is 6.54 Å². The first-order chi connectivity index (χ1) is 12.2. The molecule has 3 nitrogen and oxygen atoms in total. The predicted molar refractivity (Wildman–Crippen MR) is 96.9 cm³/mol. The highest BCUT2D eigenvalue weighted by Gasteiger charge is 2.18. The fourth-order valence-corrected chi connectivity index (χ4v) is 2.65. The molecule has 3 aromatic carbocycles. The molecular weight excluding hydrogens is 317 g/mol. The van der Waals surface area contributed by atoms with Crippen LogP contribution < -0.4 is 10.1 Å². The molecule has 4 heteroatoms. The Balaban J connectivity index is 1.62. The smallest absolute Gasteiger partial charge is 0.261 e. The number of hydrogen-bond donors (Lipinski definition) is 1. The molecule has 25 heavy (non-hydrogen) atoms. The molecule has 0 aliphatic heterocycles. The molecule has 1 amide bonds. The summed E-state index contributed by atoms with van der Waals surface area (Å²) in [6.45, 7) is 2.32. The van der Waals surface area contributed by atoms with E-state index in [2.05, 4.69) is 17.4 Å². The standard InChI is InChI=1S/C21H20FNO2/c1-2-20(25-19-11-9-18(22)10-12-19)21(24)23-14-15-7-8-16-5-3-4-6-17(16)13-15/h3-13,20H,2,14H2,1H3,(H,23,24). The van der Waals surface area contributed by atoms with Gasteiger partial charge in [-0.05, 0) is 53.1 Å². The molecule has 1 unspecified atom stereocenters. The number of halogens is 1. The maximum Gasteiger partial charge on any atom is 0.261 e. The van der Waals surface area contributed by atoms with Gasteiger partial charge in [0.25, 0.3) is 5.91 Å². The van der Waals surface area contributed by atoms with Crippen LogP contribution in [0.15, 0.2) is 66.7 Å². The molecule has 128 valence electrons. The summed E-state index contributed by atoms with van der Waals surface area (Å²) in [5.74, 6) is -0.0322. The second-order valence-corrected chi connectivity index (χ2v) is 5.87. The van der Waals surface area contributed by atoms with Gasteiger partial charge in [-0.1, -0.05) is 43.3 Å². The Morgan fingerprint density at radius 1 is 1.04 bits per heavy atom. The van der Waals surface area contributed by atoms with Crippen LogP contribution in [0, 0.1) is 5.82 Å². The monoisotopic (exact) mass is 337 g/mol. The van der Waals surface area contributed by atoms with Crippen LogP contribution in [0.5, 0.6) is 5.75 Å². The maximum absolute atomic E-state index is 12.9. The van der Waals surface area contributed by atoms with Crippen LogP contribution in [-0.4, -0.2) is 12.0 Å². The second-order valence-electron chi connectivity index (χ2n) is 5.87. The molecule has 1 N–H and O–H groups in total. The van der Waals surface area contributed by atoms with E-state index in [0.29, 0.717) is 18.7 Å². The van der Waals surface area contributed by atoms with Gasteiger partial charge in [-0.2, -0.15) is 0 Å². The van der Waals surface area contributed by atoms with E-state index in [9.17, 15) is 9.18 Å². The van der Waals surface area contributed by atoms with Crippen molar-refractivity contribution >= 4 is 16.7 Å². The highest BCUT2D eigenvalue weighted by atomic mass is 19.1. The van der Waals surface area contributed by atoms with Crippen molar-refractivity contribution < 1.29 is 13.9 Å². The molecule has 0 saturated heterocycles. The van der Waals surface area contributed by atoms with Crippen molar-refractivity contribution in [3.63, 3.8) is 0 Å². The molecule has 0 aliphatic carbocycles. The summed E-state index contributed by atoms with van der Waals surface area (Å²) in [6, 6.07) is 19.9. The lowest BCUT2D eigenvalue weighted by Crippen LogP contribution is -2.37. The Morgan fingerprint density at radius 3 is 2.48 bits per heavy atom. The SMILES string of the molecule is CCC(Oc1ccc(F)cc1)C(=O)NCc1ccc2ccccc2c1. The van der Waals surface area contributed by atoms with Crippen LogP contribution in [-0.2, 0) is 11.3 Å². The summed E-state index contributed by atoms with van der Waals surface area (Å²) < 4.78 is 18.6. The van der Waals surface area contributed by atoms with Crippen LogP contribution in [0.1, 0.15) is 18.9 Å². The third-order valence-electron chi connectivity index (χ3n) is 4.04. The fraction of sp³-hybridized carbons (Fsp3) is 0.190. The number of hydrogen-bond acceptors (Lipinski definition) is 2. The molecule has 0 spiro atoms. The summed E-state index contributed by atoms with van der Waals surface area (Å²) in [5.41, 5.74) is 1.03. The minimum absolute atomic E-state index is 0.181. The minimum Gasteiger partial charge on any atom is -0.481 e. The number of nitrogens with one attached hydrogen (secondary N) is 1. The number of amides is 1. The Morgan fingerprint density at radius 2 is 1.76 bits per heavy atom. The zero-order valence-electron chi connectivity index (χ0n) is 14.0. The summed E-state index contributed by atoms with van der Waals surface area (Å²) in [6.07, 6.45) is -0.0769. The third kappa shape index (κ3) is 4.35. The number of fused-ring (bicyclic) bond motifs is 1. The lowest BCUT2D eigenvalue weighted by atomic mass is 10.1. The van der Waals surface area contributed by atoms with E-state index < -0.39 is 6.10 Å². The third-order valence-corrected chi connectivity index (χ3v) is 4.04. The van der Waals surface area contributed by atoms with E-state index in [1.807, 2.05) is 37.3 Å². The van der Waals surface area contributed by atoms with Gasteiger partial charge in [-0.3, -0.25) is 4.79 Å². The van der Waals surface area contributed by atoms with Crippen molar-refractivity contribution in [2.75, 3.05) is 0 Å². The zero-order valence-corrected chi connectivity index (χ0v) is 14.0. The topological polar surface area (TPSA) is 38.3 Å². The average Bonchev–Trinajstić information content (AvgIpc) is 2.65. The zero-order chi connectivity index (χ0) is 17.6. The van der Waals surface area contributed by atoms with Gasteiger partial charge in [0.1, 0.15) is 11.6 Å². The van der Waals surface area contributed by atoms with Gasteiger partial charge >= 0.3 is 0 Å². The molecule has 0 aliphatic rings. The van der Waals surface area contributed by atoms with Gasteiger partial charge in [-0.15, -0.1) is 0 Å². The summed E-state index contributed by atoms with van der Waals surface area (Å²) in [4.78, 5) is 12.4. The number of carbonyl (C=O) groups excluding carboxylic acids is 1. The first kappa shape index (κ1) is 17.0. The van der Waals surface area contributed by atoms with Crippen molar-refractivity contribution in [3.05, 3.63) is 78.1 Å². The molecule has 0 fully saturated rings. The Bertz CT molecular complexity index is 861. The van der Waals surface area contributed by atoms with E-state index in [4.69, 9.17) is 4.74 Å². The van der Waals surface area contributed by atoms with Crippen LogP contribution in [0.2, 0.25) is 0 Å². The van der Waals surface area contributed by atoms with E-state index in [1.54, 1.807) is 0 Å². The Labute approximate surface area is 146 Å². The van der Waals surface area contributed by atoms with Crippen molar-refractivity contribution in [1.82, 2.24) is 5.32 Å². The Kier molecular flexibility index (Phi) is 5.29. The lowest BCUT2D eigenvalue weighted by Gasteiger charge is -2.17. The van der Waals surface area contributed by atoms with Gasteiger partial charge < -0.3 is 10.1 Å². The average molecular weight is 337 g/mol. The normalized spacial score (nSPS) is 11.9. The van der Waals surface area contributed by atoms with Gasteiger partial charge in [0.15, 0.2) is 6.10 Å². The first-order valence-corrected chi connectivity index (χ1v) is 8.33. The Hall–Kier alpha value is -2.88. The van der Waals surface area contributed by atoms with Crippen LogP contribution in [0.25, 0.3) is 10.8 Å². The van der Waals surface area contributed by atoms with Crippen molar-refractivity contribution in [1.29, 1.82) is 0 Å². The highest BCUT2D eigenvalue weighted by Crippen LogP contribution is 2.16. The highest BCUT2D eigenvalue weighted by molar-refractivity contribution is 5.83. The van der Waals surface area contributed by atoms with Crippen molar-refractivity contribution in [2.45, 2.75) is 26.0 Å². The van der Waals surface area contributed by atoms with Gasteiger partial charge in [0.05, 0.1) is 0 Å². The van der Waals surface area contributed by atoms with E-state index in [-0.39, 0.29) is 11.7 Å². The summed E-state index contributed by atoms with van der Waals surface area (Å²) in [5, 5.41) is 5.22. The summed E-state index contributed by atoms with van der Waals surface area (Å²) >= 11 is 0. The van der Waals surface area contributed by atoms with Crippen LogP contribution in [0.4, 0.5) is 4.39 Å². The van der Waals surface area contributed by atoms with E-state index in [0.717, 1.165) is 10.9 Å². The lowest BCUT2D eigenvalue weighted by molar-refractivity contribution is -0.128. The quantitative estimate of drug-likeness (QED) is 0.721. The molecule has 0 aromatic heterocycles. The molecule has 0 radical (unpaired) electrons. The molecule has 3 rings (SSSR count). The number of carbonyl (C=O) groups is 1. The molecule has 0 heterocycles. The minimum atomic E-state index is -0.606. The molecular formula is C21H20FNO2. The molecule has 1 atom stereocenters. The maximum atomic E-state index is 12.9. The van der Waals surface area contributed by atoms with Crippen LogP contribution in [0.3, 0.4) is 0 Å². The number of ether oxygens (including phenoxy) is 1.